The minimum Gasteiger partial charge on any atom is -0.489 e. The summed E-state index contributed by atoms with van der Waals surface area (Å²) in [6.07, 6.45) is 1.65. The summed E-state index contributed by atoms with van der Waals surface area (Å²) in [6.45, 7) is 0.324. The van der Waals surface area contributed by atoms with Gasteiger partial charge in [0.05, 0.1) is 17.5 Å². The van der Waals surface area contributed by atoms with Crippen LogP contribution in [0.5, 0.6) is 5.75 Å². The summed E-state index contributed by atoms with van der Waals surface area (Å²) in [4.78, 5) is 10.8. The smallest absolute Gasteiger partial charge is 0.335 e. The normalized spacial score (nSPS) is 10.8. The molecule has 0 radical (unpaired) electrons. The van der Waals surface area contributed by atoms with Gasteiger partial charge in [0.25, 0.3) is 0 Å². The van der Waals surface area contributed by atoms with Gasteiger partial charge in [-0.3, -0.25) is 5.43 Å². The molecule has 7 heteroatoms. The van der Waals surface area contributed by atoms with Crippen molar-refractivity contribution in [2.45, 2.75) is 6.61 Å². The van der Waals surface area contributed by atoms with E-state index in [1.54, 1.807) is 30.5 Å². The van der Waals surface area contributed by atoms with Crippen LogP contribution in [0.25, 0.3) is 0 Å². The Morgan fingerprint density at radius 3 is 2.57 bits per heavy atom. The maximum Gasteiger partial charge on any atom is 0.335 e. The third-order valence-electron chi connectivity index (χ3n) is 3.81. The zero-order valence-electron chi connectivity index (χ0n) is 14.6. The highest BCUT2D eigenvalue weighted by Gasteiger charge is 2.03. The highest BCUT2D eigenvalue weighted by atomic mass is 35.5. The molecule has 0 atom stereocenters. The van der Waals surface area contributed by atoms with Gasteiger partial charge in [0.2, 0.25) is 0 Å². The fourth-order valence-electron chi connectivity index (χ4n) is 2.35. The lowest BCUT2D eigenvalue weighted by molar-refractivity contribution is 0.0697. The Kier molecular flexibility index (Phi) is 6.53. The van der Waals surface area contributed by atoms with Crippen LogP contribution in [0.4, 0.5) is 5.69 Å². The van der Waals surface area contributed by atoms with Crippen molar-refractivity contribution in [3.8, 4) is 5.75 Å². The van der Waals surface area contributed by atoms with E-state index in [2.05, 4.69) is 10.5 Å². The fraction of sp³-hybridized carbons (Fsp3) is 0.0476. The lowest BCUT2D eigenvalue weighted by atomic mass is 10.2. The maximum atomic E-state index is 10.8. The maximum absolute atomic E-state index is 10.8. The van der Waals surface area contributed by atoms with E-state index < -0.39 is 5.97 Å². The van der Waals surface area contributed by atoms with Crippen LogP contribution < -0.4 is 10.2 Å². The molecule has 0 saturated carbocycles. The first-order chi connectivity index (χ1) is 13.5. The van der Waals surface area contributed by atoms with Crippen molar-refractivity contribution in [1.29, 1.82) is 0 Å². The predicted octanol–water partition coefficient (Wildman–Crippen LogP) is 5.72. The number of hydrogen-bond acceptors (Lipinski definition) is 4. The largest absolute Gasteiger partial charge is 0.489 e. The summed E-state index contributed by atoms with van der Waals surface area (Å²) in [5, 5.41) is 14.2. The molecule has 0 bridgehead atoms. The molecule has 0 unspecified atom stereocenters. The van der Waals surface area contributed by atoms with Gasteiger partial charge in [-0.2, -0.15) is 5.10 Å². The van der Waals surface area contributed by atoms with Crippen molar-refractivity contribution >= 4 is 41.1 Å². The molecule has 3 rings (SSSR count). The number of nitrogens with zero attached hydrogens (tertiary/aromatic N) is 1. The van der Waals surface area contributed by atoms with E-state index in [1.807, 2.05) is 30.3 Å². The van der Waals surface area contributed by atoms with Crippen LogP contribution in [0.15, 0.2) is 71.8 Å². The Morgan fingerprint density at radius 1 is 1.07 bits per heavy atom. The van der Waals surface area contributed by atoms with Gasteiger partial charge in [0.15, 0.2) is 0 Å². The molecule has 0 aliphatic heterocycles. The molecule has 0 spiro atoms. The molecule has 0 aliphatic carbocycles. The second-order valence-electron chi connectivity index (χ2n) is 5.85. The van der Waals surface area contributed by atoms with Crippen LogP contribution in [0.1, 0.15) is 21.5 Å². The predicted molar refractivity (Wildman–Crippen MR) is 112 cm³/mol. The van der Waals surface area contributed by atoms with Gasteiger partial charge < -0.3 is 9.84 Å². The molecule has 0 fully saturated rings. The molecule has 3 aromatic carbocycles. The van der Waals surface area contributed by atoms with Crippen LogP contribution in [-0.2, 0) is 6.61 Å². The fourth-order valence-corrected chi connectivity index (χ4v) is 2.82. The molecule has 0 amide bonds. The van der Waals surface area contributed by atoms with E-state index in [4.69, 9.17) is 33.0 Å². The number of aromatic carboxylic acids is 1. The molecule has 2 N–H and O–H groups in total. The Hall–Kier alpha value is -3.02. The molecule has 5 nitrogen and oxygen atoms in total. The van der Waals surface area contributed by atoms with Gasteiger partial charge >= 0.3 is 5.97 Å². The first-order valence-corrected chi connectivity index (χ1v) is 9.06. The summed E-state index contributed by atoms with van der Waals surface area (Å²) in [7, 11) is 0. The SMILES string of the molecule is O=C(O)c1ccc(N/N=C/c2cccc(OCc3ccc(Cl)cc3Cl)c2)cc1. The Bertz CT molecular complexity index is 1000. The molecular formula is C21H16Cl2N2O3. The molecule has 0 heterocycles. The summed E-state index contributed by atoms with van der Waals surface area (Å²) in [5.41, 5.74) is 5.45. The van der Waals surface area contributed by atoms with Crippen molar-refractivity contribution in [2.24, 2.45) is 5.10 Å². The van der Waals surface area contributed by atoms with E-state index in [-0.39, 0.29) is 5.56 Å². The van der Waals surface area contributed by atoms with E-state index >= 15 is 0 Å². The van der Waals surface area contributed by atoms with Gasteiger partial charge in [0.1, 0.15) is 12.4 Å². The number of anilines is 1. The molecule has 142 valence electrons. The van der Waals surface area contributed by atoms with Gasteiger partial charge in [-0.05, 0) is 54.1 Å². The first-order valence-electron chi connectivity index (χ1n) is 8.30. The van der Waals surface area contributed by atoms with E-state index in [9.17, 15) is 4.79 Å². The number of nitrogens with one attached hydrogen (secondary N) is 1. The molecule has 0 aromatic heterocycles. The number of carboxylic acids is 1. The second kappa shape index (κ2) is 9.26. The minimum absolute atomic E-state index is 0.222. The van der Waals surface area contributed by atoms with E-state index in [0.717, 1.165) is 11.1 Å². The Balaban J connectivity index is 1.59. The summed E-state index contributed by atoms with van der Waals surface area (Å²) in [6, 6.07) is 19.0. The van der Waals surface area contributed by atoms with Gasteiger partial charge in [-0.15, -0.1) is 0 Å². The summed E-state index contributed by atoms with van der Waals surface area (Å²) < 4.78 is 5.79. The number of halogens is 2. The topological polar surface area (TPSA) is 70.9 Å². The van der Waals surface area contributed by atoms with Gasteiger partial charge in [0, 0.05) is 15.6 Å². The van der Waals surface area contributed by atoms with Gasteiger partial charge in [-0.25, -0.2) is 4.79 Å². The number of carboxylic acid groups (broad SMARTS) is 1. The van der Waals surface area contributed by atoms with Crippen LogP contribution >= 0.6 is 23.2 Å². The first kappa shape index (κ1) is 19.7. The average molecular weight is 415 g/mol. The molecule has 28 heavy (non-hydrogen) atoms. The highest BCUT2D eigenvalue weighted by molar-refractivity contribution is 6.35. The molecule has 0 aliphatic rings. The van der Waals surface area contributed by atoms with Crippen molar-refractivity contribution in [1.82, 2.24) is 0 Å². The number of hydrazone groups is 1. The number of carbonyl (C=O) groups is 1. The number of rotatable bonds is 7. The lowest BCUT2D eigenvalue weighted by Gasteiger charge is -2.08. The highest BCUT2D eigenvalue weighted by Crippen LogP contribution is 2.23. The quantitative estimate of drug-likeness (QED) is 0.383. The molecule has 3 aromatic rings. The van der Waals surface area contributed by atoms with Crippen LogP contribution in [-0.4, -0.2) is 17.3 Å². The average Bonchev–Trinajstić information content (AvgIpc) is 2.68. The lowest BCUT2D eigenvalue weighted by Crippen LogP contribution is -1.97. The standard InChI is InChI=1S/C21H16Cl2N2O3/c22-17-7-4-16(20(23)11-17)13-28-19-3-1-2-14(10-19)12-24-25-18-8-5-15(6-9-18)21(26)27/h1-12,25H,13H2,(H,26,27)/b24-12+. The monoisotopic (exact) mass is 414 g/mol. The van der Waals surface area contributed by atoms with Crippen LogP contribution in [0, 0.1) is 0 Å². The Labute approximate surface area is 172 Å². The Morgan fingerprint density at radius 2 is 1.86 bits per heavy atom. The third kappa shape index (κ3) is 5.49. The van der Waals surface area contributed by atoms with E-state index in [1.165, 1.54) is 12.1 Å². The van der Waals surface area contributed by atoms with Crippen LogP contribution in [0.3, 0.4) is 0 Å². The third-order valence-corrected chi connectivity index (χ3v) is 4.39. The zero-order chi connectivity index (χ0) is 19.9. The molecule has 0 saturated heterocycles. The van der Waals surface area contributed by atoms with Crippen molar-refractivity contribution in [3.05, 3.63) is 93.5 Å². The minimum atomic E-state index is -0.966. The van der Waals surface area contributed by atoms with Gasteiger partial charge in [-0.1, -0.05) is 41.4 Å². The van der Waals surface area contributed by atoms with Crippen molar-refractivity contribution < 1.29 is 14.6 Å². The summed E-state index contributed by atoms with van der Waals surface area (Å²) >= 11 is 12.1. The zero-order valence-corrected chi connectivity index (χ0v) is 16.1. The number of hydrogen-bond donors (Lipinski definition) is 2. The van der Waals surface area contributed by atoms with Crippen LogP contribution in [0.2, 0.25) is 10.0 Å². The summed E-state index contributed by atoms with van der Waals surface area (Å²) in [5.74, 6) is -0.285. The van der Waals surface area contributed by atoms with Crippen molar-refractivity contribution in [2.75, 3.05) is 5.43 Å². The number of benzene rings is 3. The molecular weight excluding hydrogens is 399 g/mol. The van der Waals surface area contributed by atoms with Crippen molar-refractivity contribution in [3.63, 3.8) is 0 Å². The number of ether oxygens (including phenoxy) is 1. The van der Waals surface area contributed by atoms with E-state index in [0.29, 0.717) is 28.1 Å². The second-order valence-corrected chi connectivity index (χ2v) is 6.69.